The summed E-state index contributed by atoms with van der Waals surface area (Å²) in [5.41, 5.74) is 1.31. The maximum Gasteiger partial charge on any atom is 0.310 e. The summed E-state index contributed by atoms with van der Waals surface area (Å²) >= 11 is 12.0. The van der Waals surface area contributed by atoms with E-state index in [0.29, 0.717) is 22.2 Å². The van der Waals surface area contributed by atoms with Crippen LogP contribution in [0.25, 0.3) is 0 Å². The zero-order valence-electron chi connectivity index (χ0n) is 11.6. The summed E-state index contributed by atoms with van der Waals surface area (Å²) in [5, 5.41) is 3.90. The van der Waals surface area contributed by atoms with Crippen molar-refractivity contribution in [1.29, 1.82) is 0 Å². The second-order valence-electron chi connectivity index (χ2n) is 4.53. The van der Waals surface area contributed by atoms with Crippen molar-refractivity contribution in [2.24, 2.45) is 0 Å². The Kier molecular flexibility index (Phi) is 6.04. The van der Waals surface area contributed by atoms with E-state index in [1.165, 1.54) is 12.1 Å². The molecule has 0 unspecified atom stereocenters. The molecule has 0 fully saturated rings. The molecule has 22 heavy (non-hydrogen) atoms. The van der Waals surface area contributed by atoms with E-state index in [9.17, 15) is 9.18 Å². The molecule has 0 atom stereocenters. The van der Waals surface area contributed by atoms with Crippen LogP contribution in [0.15, 0.2) is 42.5 Å². The standard InChI is InChI=1S/C16H14Cl2FNO2/c17-14-2-1-3-15(18)13(14)10-16(21)22-9-8-20-12-6-4-11(19)5-7-12/h1-7,20H,8-10H2. The number of rotatable bonds is 6. The number of anilines is 1. The van der Waals surface area contributed by atoms with Gasteiger partial charge in [-0.15, -0.1) is 0 Å². The highest BCUT2D eigenvalue weighted by Gasteiger charge is 2.11. The smallest absolute Gasteiger partial charge is 0.310 e. The number of ether oxygens (including phenoxy) is 1. The molecule has 1 N–H and O–H groups in total. The second-order valence-corrected chi connectivity index (χ2v) is 5.35. The van der Waals surface area contributed by atoms with Crippen molar-refractivity contribution in [3.05, 3.63) is 63.9 Å². The van der Waals surface area contributed by atoms with Gasteiger partial charge in [0.25, 0.3) is 0 Å². The van der Waals surface area contributed by atoms with E-state index in [0.717, 1.165) is 5.69 Å². The van der Waals surface area contributed by atoms with Gasteiger partial charge in [-0.05, 0) is 36.4 Å². The van der Waals surface area contributed by atoms with E-state index in [1.807, 2.05) is 0 Å². The minimum absolute atomic E-state index is 0.0229. The molecule has 0 aliphatic carbocycles. The SMILES string of the molecule is O=C(Cc1c(Cl)cccc1Cl)OCCNc1ccc(F)cc1. The van der Waals surface area contributed by atoms with Gasteiger partial charge in [0.1, 0.15) is 12.4 Å². The van der Waals surface area contributed by atoms with Crippen LogP contribution in [0, 0.1) is 5.82 Å². The lowest BCUT2D eigenvalue weighted by molar-refractivity contribution is -0.142. The summed E-state index contributed by atoms with van der Waals surface area (Å²) in [6.07, 6.45) is 0.0229. The third kappa shape index (κ3) is 4.90. The number of nitrogens with one attached hydrogen (secondary N) is 1. The van der Waals surface area contributed by atoms with Crippen LogP contribution in [0.5, 0.6) is 0 Å². The van der Waals surface area contributed by atoms with Gasteiger partial charge in [-0.2, -0.15) is 0 Å². The molecule has 6 heteroatoms. The molecule has 3 nitrogen and oxygen atoms in total. The first-order chi connectivity index (χ1) is 10.6. The number of hydrogen-bond acceptors (Lipinski definition) is 3. The van der Waals surface area contributed by atoms with Crippen molar-refractivity contribution in [3.8, 4) is 0 Å². The highest BCUT2D eigenvalue weighted by molar-refractivity contribution is 6.36. The quantitative estimate of drug-likeness (QED) is 0.627. The molecule has 2 rings (SSSR count). The fraction of sp³-hybridized carbons (Fsp3) is 0.188. The Balaban J connectivity index is 1.75. The van der Waals surface area contributed by atoms with E-state index >= 15 is 0 Å². The maximum atomic E-state index is 12.7. The molecule has 2 aromatic rings. The van der Waals surface area contributed by atoms with Crippen LogP contribution in [-0.4, -0.2) is 19.1 Å². The van der Waals surface area contributed by atoms with Gasteiger partial charge in [0.15, 0.2) is 0 Å². The van der Waals surface area contributed by atoms with Gasteiger partial charge in [-0.25, -0.2) is 4.39 Å². The van der Waals surface area contributed by atoms with E-state index in [4.69, 9.17) is 27.9 Å². The number of hydrogen-bond donors (Lipinski definition) is 1. The van der Waals surface area contributed by atoms with E-state index in [2.05, 4.69) is 5.32 Å². The number of carbonyl (C=O) groups is 1. The maximum absolute atomic E-state index is 12.7. The lowest BCUT2D eigenvalue weighted by Crippen LogP contribution is -2.15. The molecule has 0 saturated carbocycles. The van der Waals surface area contributed by atoms with Crippen LogP contribution in [0.2, 0.25) is 10.0 Å². The van der Waals surface area contributed by atoms with Crippen LogP contribution in [-0.2, 0) is 16.0 Å². The highest BCUT2D eigenvalue weighted by atomic mass is 35.5. The van der Waals surface area contributed by atoms with Crippen molar-refractivity contribution >= 4 is 34.9 Å². The first-order valence-corrected chi connectivity index (χ1v) is 7.40. The fourth-order valence-corrected chi connectivity index (χ4v) is 2.36. The molecule has 0 radical (unpaired) electrons. The fourth-order valence-electron chi connectivity index (χ4n) is 1.82. The van der Waals surface area contributed by atoms with E-state index in [1.54, 1.807) is 30.3 Å². The number of benzene rings is 2. The monoisotopic (exact) mass is 341 g/mol. The van der Waals surface area contributed by atoms with Crippen LogP contribution in [0.4, 0.5) is 10.1 Å². The van der Waals surface area contributed by atoms with Gasteiger partial charge in [0.2, 0.25) is 0 Å². The first-order valence-electron chi connectivity index (χ1n) is 6.64. The Morgan fingerprint density at radius 3 is 2.36 bits per heavy atom. The third-order valence-electron chi connectivity index (χ3n) is 2.92. The number of carbonyl (C=O) groups excluding carboxylic acids is 1. The summed E-state index contributed by atoms with van der Waals surface area (Å²) in [5.74, 6) is -0.704. The molecule has 116 valence electrons. The van der Waals surface area contributed by atoms with Gasteiger partial charge < -0.3 is 10.1 Å². The molecule has 0 amide bonds. The molecular formula is C16H14Cl2FNO2. The molecule has 0 aliphatic rings. The zero-order chi connectivity index (χ0) is 15.9. The molecule has 0 saturated heterocycles. The highest BCUT2D eigenvalue weighted by Crippen LogP contribution is 2.24. The van der Waals surface area contributed by atoms with Crippen LogP contribution in [0.3, 0.4) is 0 Å². The Bertz CT molecular complexity index is 627. The summed E-state index contributed by atoms with van der Waals surface area (Å²) in [4.78, 5) is 11.8. The summed E-state index contributed by atoms with van der Waals surface area (Å²) in [6, 6.07) is 11.0. The van der Waals surface area contributed by atoms with Gasteiger partial charge in [0.05, 0.1) is 6.42 Å². The van der Waals surface area contributed by atoms with Gasteiger partial charge in [0, 0.05) is 27.8 Å². The Hall–Kier alpha value is -1.78. The Morgan fingerprint density at radius 2 is 1.73 bits per heavy atom. The number of esters is 1. The predicted molar refractivity (Wildman–Crippen MR) is 86.0 cm³/mol. The van der Waals surface area contributed by atoms with E-state index in [-0.39, 0.29) is 18.8 Å². The lowest BCUT2D eigenvalue weighted by Gasteiger charge is -2.09. The van der Waals surface area contributed by atoms with Gasteiger partial charge in [-0.1, -0.05) is 29.3 Å². The Morgan fingerprint density at radius 1 is 1.09 bits per heavy atom. The molecule has 0 aromatic heterocycles. The molecule has 0 heterocycles. The van der Waals surface area contributed by atoms with Crippen molar-refractivity contribution in [3.63, 3.8) is 0 Å². The molecule has 0 aliphatic heterocycles. The van der Waals surface area contributed by atoms with Crippen LogP contribution in [0.1, 0.15) is 5.56 Å². The average molecular weight is 342 g/mol. The Labute approximate surface area is 138 Å². The van der Waals surface area contributed by atoms with Crippen molar-refractivity contribution < 1.29 is 13.9 Å². The van der Waals surface area contributed by atoms with Crippen molar-refractivity contribution in [2.45, 2.75) is 6.42 Å². The summed E-state index contributed by atoms with van der Waals surface area (Å²) in [6.45, 7) is 0.617. The third-order valence-corrected chi connectivity index (χ3v) is 3.63. The first kappa shape index (κ1) is 16.6. The summed E-state index contributed by atoms with van der Waals surface area (Å²) < 4.78 is 17.8. The normalized spacial score (nSPS) is 10.3. The second kappa shape index (κ2) is 8.01. The average Bonchev–Trinajstić information content (AvgIpc) is 2.49. The molecule has 0 bridgehead atoms. The predicted octanol–water partition coefficient (Wildman–Crippen LogP) is 4.33. The van der Waals surface area contributed by atoms with Crippen LogP contribution >= 0.6 is 23.2 Å². The largest absolute Gasteiger partial charge is 0.464 e. The molecule has 2 aromatic carbocycles. The number of halogens is 3. The van der Waals surface area contributed by atoms with Crippen molar-refractivity contribution in [2.75, 3.05) is 18.5 Å². The van der Waals surface area contributed by atoms with Crippen LogP contribution < -0.4 is 5.32 Å². The van der Waals surface area contributed by atoms with Crippen molar-refractivity contribution in [1.82, 2.24) is 0 Å². The minimum atomic E-state index is -0.407. The lowest BCUT2D eigenvalue weighted by atomic mass is 10.1. The van der Waals surface area contributed by atoms with Gasteiger partial charge >= 0.3 is 5.97 Å². The minimum Gasteiger partial charge on any atom is -0.464 e. The topological polar surface area (TPSA) is 38.3 Å². The van der Waals surface area contributed by atoms with Gasteiger partial charge in [-0.3, -0.25) is 4.79 Å². The molecular weight excluding hydrogens is 328 g/mol. The summed E-state index contributed by atoms with van der Waals surface area (Å²) in [7, 11) is 0. The molecule has 0 spiro atoms. The van der Waals surface area contributed by atoms with E-state index < -0.39 is 5.97 Å². The zero-order valence-corrected chi connectivity index (χ0v) is 13.1.